The molecule has 0 aromatic carbocycles. The van der Waals surface area contributed by atoms with Crippen molar-refractivity contribution in [2.24, 2.45) is 5.73 Å². The zero-order chi connectivity index (χ0) is 13.9. The number of hydrogen-bond donors (Lipinski definition) is 1. The van der Waals surface area contributed by atoms with Gasteiger partial charge < -0.3 is 15.4 Å². The van der Waals surface area contributed by atoms with Crippen LogP contribution in [0.15, 0.2) is 0 Å². The van der Waals surface area contributed by atoms with Gasteiger partial charge in [0, 0.05) is 13.0 Å². The Bertz CT molecular complexity index is 323. The summed E-state index contributed by atoms with van der Waals surface area (Å²) in [6, 6.07) is -1.03. The van der Waals surface area contributed by atoms with E-state index in [-0.39, 0.29) is 18.4 Å². The monoisotopic (exact) mass is 255 g/mol. The molecule has 1 fully saturated rings. The van der Waals surface area contributed by atoms with Crippen LogP contribution in [0.4, 0.5) is 0 Å². The number of carbonyl (C=O) groups excluding carboxylic acids is 2. The molecule has 1 heterocycles. The Morgan fingerprint density at radius 2 is 2.11 bits per heavy atom. The summed E-state index contributed by atoms with van der Waals surface area (Å²) < 4.78 is 5.26. The van der Waals surface area contributed by atoms with Crippen molar-refractivity contribution in [2.75, 3.05) is 6.54 Å². The highest BCUT2D eigenvalue weighted by Gasteiger charge is 2.37. The molecular weight excluding hydrogens is 232 g/mol. The Kier molecular flexibility index (Phi) is 4.73. The maximum absolute atomic E-state index is 11.9. The van der Waals surface area contributed by atoms with Crippen LogP contribution < -0.4 is 5.73 Å². The topological polar surface area (TPSA) is 72.6 Å². The molecule has 5 nitrogen and oxygen atoms in total. The summed E-state index contributed by atoms with van der Waals surface area (Å²) in [5.74, 6) is -0.507. The SMILES string of the molecule is [CH2]CC(=O)N1CCCC1C(N)C(=O)OC(C)(C)C. The number of nitrogens with two attached hydrogens (primary N) is 1. The molecule has 0 aliphatic carbocycles. The minimum Gasteiger partial charge on any atom is -0.459 e. The van der Waals surface area contributed by atoms with Gasteiger partial charge in [-0.25, -0.2) is 0 Å². The summed E-state index contributed by atoms with van der Waals surface area (Å²) in [6.07, 6.45) is 1.80. The molecular formula is C13H23N2O3. The van der Waals surface area contributed by atoms with Crippen LogP contribution in [0.25, 0.3) is 0 Å². The quantitative estimate of drug-likeness (QED) is 0.759. The van der Waals surface area contributed by atoms with Crippen LogP contribution in [-0.2, 0) is 14.3 Å². The van der Waals surface area contributed by atoms with Gasteiger partial charge in [-0.3, -0.25) is 9.59 Å². The molecule has 2 atom stereocenters. The van der Waals surface area contributed by atoms with Crippen LogP contribution in [0.1, 0.15) is 40.0 Å². The lowest BCUT2D eigenvalue weighted by Gasteiger charge is -2.30. The summed E-state index contributed by atoms with van der Waals surface area (Å²) in [5, 5.41) is 0. The van der Waals surface area contributed by atoms with Gasteiger partial charge in [-0.15, -0.1) is 0 Å². The van der Waals surface area contributed by atoms with Crippen molar-refractivity contribution in [1.82, 2.24) is 4.90 Å². The van der Waals surface area contributed by atoms with Gasteiger partial charge in [0.1, 0.15) is 11.6 Å². The first-order valence-corrected chi connectivity index (χ1v) is 6.33. The third-order valence-electron chi connectivity index (χ3n) is 2.93. The molecule has 0 aromatic rings. The van der Waals surface area contributed by atoms with Gasteiger partial charge in [-0.05, 0) is 40.5 Å². The standard InChI is InChI=1S/C13H23N2O3/c1-5-10(16)15-8-6-7-9(15)11(14)12(17)18-13(2,3)4/h9,11H,1,5-8,14H2,2-4H3. The van der Waals surface area contributed by atoms with Crippen molar-refractivity contribution in [3.8, 4) is 0 Å². The molecule has 1 saturated heterocycles. The van der Waals surface area contributed by atoms with Gasteiger partial charge >= 0.3 is 5.97 Å². The lowest BCUT2D eigenvalue weighted by molar-refractivity contribution is -0.158. The van der Waals surface area contributed by atoms with Crippen molar-refractivity contribution in [3.05, 3.63) is 6.92 Å². The Morgan fingerprint density at radius 3 is 2.61 bits per heavy atom. The number of amides is 1. The van der Waals surface area contributed by atoms with E-state index in [9.17, 15) is 9.59 Å². The van der Waals surface area contributed by atoms with Gasteiger partial charge in [0.15, 0.2) is 0 Å². The second-order valence-corrected chi connectivity index (χ2v) is 5.61. The number of ether oxygens (including phenoxy) is 1. The van der Waals surface area contributed by atoms with E-state index in [1.165, 1.54) is 0 Å². The first-order chi connectivity index (χ1) is 8.26. The molecule has 0 spiro atoms. The highest BCUT2D eigenvalue weighted by atomic mass is 16.6. The average Bonchev–Trinajstić information content (AvgIpc) is 2.73. The number of likely N-dealkylation sites (tertiary alicyclic amines) is 1. The molecule has 1 aliphatic heterocycles. The second-order valence-electron chi connectivity index (χ2n) is 5.61. The van der Waals surface area contributed by atoms with Crippen LogP contribution in [-0.4, -0.2) is 41.0 Å². The molecule has 0 saturated carbocycles. The fourth-order valence-electron chi connectivity index (χ4n) is 2.15. The van der Waals surface area contributed by atoms with E-state index in [4.69, 9.17) is 10.5 Å². The summed E-state index contributed by atoms with van der Waals surface area (Å²) in [7, 11) is 0. The molecule has 1 amide bonds. The smallest absolute Gasteiger partial charge is 0.325 e. The second kappa shape index (κ2) is 5.69. The van der Waals surface area contributed by atoms with Crippen molar-refractivity contribution < 1.29 is 14.3 Å². The third kappa shape index (κ3) is 3.70. The van der Waals surface area contributed by atoms with Crippen LogP contribution in [0.2, 0.25) is 0 Å². The average molecular weight is 255 g/mol. The van der Waals surface area contributed by atoms with Gasteiger partial charge in [0.25, 0.3) is 0 Å². The Hall–Kier alpha value is -1.10. The van der Waals surface area contributed by atoms with E-state index in [2.05, 4.69) is 6.92 Å². The third-order valence-corrected chi connectivity index (χ3v) is 2.93. The van der Waals surface area contributed by atoms with Crippen molar-refractivity contribution >= 4 is 11.9 Å². The molecule has 0 aromatic heterocycles. The minimum absolute atomic E-state index is 0.0588. The molecule has 103 valence electrons. The normalized spacial score (nSPS) is 21.8. The predicted octanol–water partition coefficient (Wildman–Crippen LogP) is 0.871. The largest absolute Gasteiger partial charge is 0.459 e. The van der Waals surface area contributed by atoms with Crippen molar-refractivity contribution in [3.63, 3.8) is 0 Å². The first-order valence-electron chi connectivity index (χ1n) is 6.33. The Labute approximate surface area is 109 Å². The van der Waals surface area contributed by atoms with Crippen LogP contribution in [0.5, 0.6) is 0 Å². The van der Waals surface area contributed by atoms with Gasteiger partial charge in [-0.2, -0.15) is 0 Å². The predicted molar refractivity (Wildman–Crippen MR) is 68.5 cm³/mol. The van der Waals surface area contributed by atoms with E-state index < -0.39 is 17.6 Å². The molecule has 1 radical (unpaired) electrons. The fourth-order valence-corrected chi connectivity index (χ4v) is 2.15. The summed E-state index contributed by atoms with van der Waals surface area (Å²) >= 11 is 0. The zero-order valence-electron chi connectivity index (χ0n) is 11.4. The fraction of sp³-hybridized carbons (Fsp3) is 0.769. The minimum atomic E-state index is -0.776. The van der Waals surface area contributed by atoms with E-state index in [0.717, 1.165) is 12.8 Å². The molecule has 2 N–H and O–H groups in total. The number of nitrogens with zero attached hydrogens (tertiary/aromatic N) is 1. The highest BCUT2D eigenvalue weighted by molar-refractivity contribution is 5.81. The zero-order valence-corrected chi connectivity index (χ0v) is 11.4. The summed E-state index contributed by atoms with van der Waals surface area (Å²) in [5.41, 5.74) is 5.36. The summed E-state index contributed by atoms with van der Waals surface area (Å²) in [4.78, 5) is 25.2. The lowest BCUT2D eigenvalue weighted by Crippen LogP contribution is -2.52. The molecule has 0 bridgehead atoms. The number of hydrogen-bond acceptors (Lipinski definition) is 4. The van der Waals surface area contributed by atoms with E-state index >= 15 is 0 Å². The summed E-state index contributed by atoms with van der Waals surface area (Å²) in [6.45, 7) is 9.62. The van der Waals surface area contributed by atoms with Gasteiger partial charge in [0.05, 0.1) is 6.04 Å². The Morgan fingerprint density at radius 1 is 1.50 bits per heavy atom. The van der Waals surface area contributed by atoms with Crippen LogP contribution >= 0.6 is 0 Å². The van der Waals surface area contributed by atoms with Gasteiger partial charge in [0.2, 0.25) is 5.91 Å². The Balaban J connectivity index is 2.68. The van der Waals surface area contributed by atoms with Crippen molar-refractivity contribution in [2.45, 2.75) is 57.7 Å². The molecule has 1 aliphatic rings. The van der Waals surface area contributed by atoms with Crippen LogP contribution in [0, 0.1) is 6.92 Å². The number of esters is 1. The molecule has 5 heteroatoms. The van der Waals surface area contributed by atoms with E-state index in [1.807, 2.05) is 0 Å². The van der Waals surface area contributed by atoms with E-state index in [1.54, 1.807) is 25.7 Å². The van der Waals surface area contributed by atoms with E-state index in [0.29, 0.717) is 6.54 Å². The van der Waals surface area contributed by atoms with Crippen molar-refractivity contribution in [1.29, 1.82) is 0 Å². The maximum Gasteiger partial charge on any atom is 0.325 e. The number of rotatable bonds is 3. The molecule has 1 rings (SSSR count). The molecule has 18 heavy (non-hydrogen) atoms. The first kappa shape index (κ1) is 15.0. The maximum atomic E-state index is 11.9. The van der Waals surface area contributed by atoms with Crippen LogP contribution in [0.3, 0.4) is 0 Å². The molecule has 2 unspecified atom stereocenters. The lowest BCUT2D eigenvalue weighted by atomic mass is 10.1. The van der Waals surface area contributed by atoms with Gasteiger partial charge in [-0.1, -0.05) is 0 Å². The number of carbonyl (C=O) groups is 2. The highest BCUT2D eigenvalue weighted by Crippen LogP contribution is 2.22.